The number of anilines is 1. The van der Waals surface area contributed by atoms with E-state index in [0.717, 1.165) is 25.7 Å². The zero-order valence-corrected chi connectivity index (χ0v) is 12.7. The topological polar surface area (TPSA) is 97.1 Å². The second-order valence-electron chi connectivity index (χ2n) is 4.96. The highest BCUT2D eigenvalue weighted by Gasteiger charge is 2.22. The summed E-state index contributed by atoms with van der Waals surface area (Å²) in [6.45, 7) is 0. The molecule has 8 heteroatoms. The summed E-state index contributed by atoms with van der Waals surface area (Å²) >= 11 is 5.91. The van der Waals surface area contributed by atoms with Crippen molar-refractivity contribution in [3.63, 3.8) is 0 Å². The van der Waals surface area contributed by atoms with E-state index in [1.165, 1.54) is 25.1 Å². The average molecular weight is 319 g/mol. The van der Waals surface area contributed by atoms with Gasteiger partial charge in [0.05, 0.1) is 5.02 Å². The van der Waals surface area contributed by atoms with Gasteiger partial charge in [0.1, 0.15) is 4.90 Å². The fraction of sp³-hybridized carbons (Fsp3) is 0.583. The minimum absolute atomic E-state index is 0.00594. The van der Waals surface area contributed by atoms with Crippen molar-refractivity contribution in [2.45, 2.75) is 49.5 Å². The minimum Gasteiger partial charge on any atom is -0.307 e. The number of hydrogen-bond acceptors (Lipinski definition) is 5. The van der Waals surface area contributed by atoms with Crippen molar-refractivity contribution in [1.29, 1.82) is 0 Å². The lowest BCUT2D eigenvalue weighted by Gasteiger charge is -2.16. The number of sulfonamides is 1. The van der Waals surface area contributed by atoms with Crippen LogP contribution in [0.2, 0.25) is 5.02 Å². The molecule has 0 bridgehead atoms. The fourth-order valence-electron chi connectivity index (χ4n) is 2.36. The molecule has 0 aliphatic heterocycles. The second-order valence-corrected chi connectivity index (χ2v) is 7.08. The highest BCUT2D eigenvalue weighted by Crippen LogP contribution is 2.23. The van der Waals surface area contributed by atoms with E-state index in [9.17, 15) is 8.42 Å². The monoisotopic (exact) mass is 318 g/mol. The molecule has 2 rings (SSSR count). The summed E-state index contributed by atoms with van der Waals surface area (Å²) in [4.78, 5) is 3.95. The molecular formula is C12H19ClN4O2S. The van der Waals surface area contributed by atoms with E-state index in [-0.39, 0.29) is 21.8 Å². The lowest BCUT2D eigenvalue weighted by atomic mass is 10.1. The Labute approximate surface area is 124 Å². The van der Waals surface area contributed by atoms with Gasteiger partial charge in [0, 0.05) is 12.2 Å². The number of nitrogen functional groups attached to an aromatic ring is 1. The Balaban J connectivity index is 2.15. The lowest BCUT2D eigenvalue weighted by molar-refractivity contribution is 0.509. The van der Waals surface area contributed by atoms with Crippen molar-refractivity contribution in [1.82, 2.24) is 9.71 Å². The van der Waals surface area contributed by atoms with Gasteiger partial charge in [-0.15, -0.1) is 0 Å². The maximum atomic E-state index is 12.3. The number of nitrogens with one attached hydrogen (secondary N) is 2. The molecule has 1 fully saturated rings. The van der Waals surface area contributed by atoms with Crippen molar-refractivity contribution >= 4 is 27.4 Å². The number of rotatable bonds is 4. The lowest BCUT2D eigenvalue weighted by Crippen LogP contribution is -2.34. The zero-order valence-electron chi connectivity index (χ0n) is 11.1. The largest absolute Gasteiger partial charge is 0.307 e. The van der Waals surface area contributed by atoms with Crippen LogP contribution in [0.3, 0.4) is 0 Å². The normalized spacial score (nSPS) is 17.7. The smallest absolute Gasteiger partial charge is 0.242 e. The molecule has 0 radical (unpaired) electrons. The predicted octanol–water partition coefficient (Wildman–Crippen LogP) is 2.02. The van der Waals surface area contributed by atoms with E-state index in [1.807, 2.05) is 0 Å². The molecule has 1 saturated carbocycles. The van der Waals surface area contributed by atoms with E-state index in [0.29, 0.717) is 0 Å². The quantitative estimate of drug-likeness (QED) is 0.448. The molecule has 0 aromatic carbocycles. The van der Waals surface area contributed by atoms with Crippen molar-refractivity contribution in [2.75, 3.05) is 5.43 Å². The van der Waals surface area contributed by atoms with Crippen molar-refractivity contribution in [3.05, 3.63) is 17.3 Å². The highest BCUT2D eigenvalue weighted by molar-refractivity contribution is 7.89. The van der Waals surface area contributed by atoms with E-state index in [2.05, 4.69) is 15.1 Å². The number of nitrogens with zero attached hydrogens (tertiary/aromatic N) is 1. The second kappa shape index (κ2) is 6.71. The molecule has 6 nitrogen and oxygen atoms in total. The number of hydrazine groups is 1. The first-order valence-corrected chi connectivity index (χ1v) is 8.53. The number of nitrogens with two attached hydrogens (primary N) is 1. The first-order valence-electron chi connectivity index (χ1n) is 6.67. The van der Waals surface area contributed by atoms with Gasteiger partial charge in [0.15, 0.2) is 5.82 Å². The molecule has 1 aromatic heterocycles. The van der Waals surface area contributed by atoms with Crippen molar-refractivity contribution in [2.24, 2.45) is 5.84 Å². The highest BCUT2D eigenvalue weighted by atomic mass is 35.5. The molecular weight excluding hydrogens is 300 g/mol. The van der Waals surface area contributed by atoms with Crippen molar-refractivity contribution in [3.8, 4) is 0 Å². The molecule has 0 spiro atoms. The van der Waals surface area contributed by atoms with E-state index in [1.54, 1.807) is 0 Å². The van der Waals surface area contributed by atoms with Gasteiger partial charge >= 0.3 is 0 Å². The Bertz CT molecular complexity index is 557. The minimum atomic E-state index is -3.59. The molecule has 0 atom stereocenters. The van der Waals surface area contributed by atoms with Crippen LogP contribution in [0.25, 0.3) is 0 Å². The third-order valence-corrected chi connectivity index (χ3v) is 5.22. The van der Waals surface area contributed by atoms with Gasteiger partial charge in [-0.2, -0.15) is 0 Å². The number of halogens is 1. The molecule has 0 unspecified atom stereocenters. The van der Waals surface area contributed by atoms with E-state index < -0.39 is 10.0 Å². The van der Waals surface area contributed by atoms with Gasteiger partial charge in [-0.05, 0) is 18.9 Å². The van der Waals surface area contributed by atoms with Crippen LogP contribution in [0, 0.1) is 0 Å². The molecule has 1 aliphatic rings. The van der Waals surface area contributed by atoms with Crippen LogP contribution in [0.15, 0.2) is 17.2 Å². The van der Waals surface area contributed by atoms with Gasteiger partial charge in [-0.1, -0.05) is 37.3 Å². The summed E-state index contributed by atoms with van der Waals surface area (Å²) in [6.07, 6.45) is 7.46. The van der Waals surface area contributed by atoms with Crippen molar-refractivity contribution < 1.29 is 8.42 Å². The van der Waals surface area contributed by atoms with E-state index in [4.69, 9.17) is 17.4 Å². The third kappa shape index (κ3) is 3.82. The molecule has 1 aliphatic carbocycles. The molecule has 1 heterocycles. The summed E-state index contributed by atoms with van der Waals surface area (Å²) in [5.41, 5.74) is 2.31. The summed E-state index contributed by atoms with van der Waals surface area (Å²) < 4.78 is 27.3. The van der Waals surface area contributed by atoms with Gasteiger partial charge in [-0.25, -0.2) is 24.0 Å². The van der Waals surface area contributed by atoms with Gasteiger partial charge < -0.3 is 5.43 Å². The Morgan fingerprint density at radius 3 is 2.45 bits per heavy atom. The molecule has 112 valence electrons. The first kappa shape index (κ1) is 15.5. The van der Waals surface area contributed by atoms with Crippen LogP contribution in [-0.2, 0) is 10.0 Å². The Morgan fingerprint density at radius 2 is 1.90 bits per heavy atom. The van der Waals surface area contributed by atoms with Gasteiger partial charge in [0.2, 0.25) is 10.0 Å². The first-order chi connectivity index (χ1) is 9.53. The number of pyridine rings is 1. The zero-order chi connectivity index (χ0) is 14.6. The maximum absolute atomic E-state index is 12.3. The van der Waals surface area contributed by atoms with Crippen LogP contribution in [0.5, 0.6) is 0 Å². The molecule has 4 N–H and O–H groups in total. The summed E-state index contributed by atoms with van der Waals surface area (Å²) in [7, 11) is -3.59. The summed E-state index contributed by atoms with van der Waals surface area (Å²) in [6, 6.07) is 1.34. The predicted molar refractivity (Wildman–Crippen MR) is 78.9 cm³/mol. The number of hydrogen-bond donors (Lipinski definition) is 3. The molecule has 0 saturated heterocycles. The van der Waals surface area contributed by atoms with Gasteiger partial charge in [-0.3, -0.25) is 0 Å². The average Bonchev–Trinajstić information content (AvgIpc) is 2.66. The van der Waals surface area contributed by atoms with Crippen LogP contribution in [-0.4, -0.2) is 19.4 Å². The Hall–Kier alpha value is -0.890. The molecule has 20 heavy (non-hydrogen) atoms. The van der Waals surface area contributed by atoms with Crippen LogP contribution < -0.4 is 16.0 Å². The third-order valence-electron chi connectivity index (χ3n) is 3.44. The summed E-state index contributed by atoms with van der Waals surface area (Å²) in [5, 5.41) is 0.177. The SMILES string of the molecule is NNc1ncc(S(=O)(=O)NC2CCCCCC2)cc1Cl. The van der Waals surface area contributed by atoms with E-state index >= 15 is 0 Å². The maximum Gasteiger partial charge on any atom is 0.242 e. The fourth-order valence-corrected chi connectivity index (χ4v) is 3.92. The van der Waals surface area contributed by atoms with Gasteiger partial charge in [0.25, 0.3) is 0 Å². The van der Waals surface area contributed by atoms with Crippen LogP contribution in [0.4, 0.5) is 5.82 Å². The Morgan fingerprint density at radius 1 is 1.25 bits per heavy atom. The number of aromatic nitrogens is 1. The molecule has 1 aromatic rings. The molecule has 0 amide bonds. The Kier molecular flexibility index (Phi) is 5.20. The van der Waals surface area contributed by atoms with Crippen LogP contribution >= 0.6 is 11.6 Å². The summed E-state index contributed by atoms with van der Waals surface area (Å²) in [5.74, 6) is 5.46. The standard InChI is InChI=1S/C12H19ClN4O2S/c13-11-7-10(8-15-12(11)16-14)20(18,19)17-9-5-3-1-2-4-6-9/h7-9,17H,1-6,14H2,(H,15,16). The van der Waals surface area contributed by atoms with Crippen LogP contribution in [0.1, 0.15) is 38.5 Å².